The molecule has 6 nitrogen and oxygen atoms in total. The van der Waals surface area contributed by atoms with Crippen molar-refractivity contribution in [3.63, 3.8) is 0 Å². The first-order chi connectivity index (χ1) is 11.4. The van der Waals surface area contributed by atoms with Crippen molar-refractivity contribution < 1.29 is 19.8 Å². The van der Waals surface area contributed by atoms with E-state index in [1.54, 1.807) is 0 Å². The predicted molar refractivity (Wildman–Crippen MR) is 108 cm³/mol. The molecule has 26 heavy (non-hydrogen) atoms. The third-order valence-corrected chi connectivity index (χ3v) is 3.22. The summed E-state index contributed by atoms with van der Waals surface area (Å²) < 4.78 is 0. The predicted octanol–water partition coefficient (Wildman–Crippen LogP) is 3.75. The van der Waals surface area contributed by atoms with Crippen molar-refractivity contribution in [2.45, 2.75) is 105 Å². The summed E-state index contributed by atoms with van der Waals surface area (Å²) >= 11 is 0. The van der Waals surface area contributed by atoms with E-state index in [0.29, 0.717) is 24.7 Å². The average molecular weight is 375 g/mol. The van der Waals surface area contributed by atoms with Gasteiger partial charge in [0.1, 0.15) is 12.1 Å². The maximum atomic E-state index is 10.9. The summed E-state index contributed by atoms with van der Waals surface area (Å²) in [7, 11) is 0. The lowest BCUT2D eigenvalue weighted by atomic mass is 10.00. The Bertz CT molecular complexity index is 381. The maximum Gasteiger partial charge on any atom is 0.320 e. The molecule has 0 amide bonds. The molecule has 0 aromatic carbocycles. The van der Waals surface area contributed by atoms with Crippen LogP contribution in [-0.2, 0) is 9.59 Å². The van der Waals surface area contributed by atoms with Crippen LogP contribution < -0.4 is 10.6 Å². The van der Waals surface area contributed by atoms with Crippen LogP contribution in [0.15, 0.2) is 0 Å². The van der Waals surface area contributed by atoms with Crippen LogP contribution in [0.25, 0.3) is 0 Å². The van der Waals surface area contributed by atoms with Crippen LogP contribution in [0, 0.1) is 11.8 Å². The van der Waals surface area contributed by atoms with Crippen molar-refractivity contribution >= 4 is 11.9 Å². The van der Waals surface area contributed by atoms with Gasteiger partial charge in [-0.05, 0) is 66.2 Å². The highest BCUT2D eigenvalue weighted by molar-refractivity contribution is 5.73. The van der Waals surface area contributed by atoms with Gasteiger partial charge < -0.3 is 10.2 Å². The first-order valence-corrected chi connectivity index (χ1v) is 9.45. The Morgan fingerprint density at radius 1 is 0.692 bits per heavy atom. The quantitative estimate of drug-likeness (QED) is 0.516. The molecule has 0 radical (unpaired) electrons. The molecule has 156 valence electrons. The fourth-order valence-corrected chi connectivity index (χ4v) is 2.43. The van der Waals surface area contributed by atoms with Crippen LogP contribution in [0.3, 0.4) is 0 Å². The number of hydrogen-bond acceptors (Lipinski definition) is 4. The van der Waals surface area contributed by atoms with Gasteiger partial charge in [-0.3, -0.25) is 20.2 Å². The standard InChI is InChI=1S/2C10H21NO2/c2*1-7(2)6-8(9(12)13)11-10(3,4)5/h2*7-8,11H,6H2,1-5H3,(H,12,13)/t8-;/m0./s1. The highest BCUT2D eigenvalue weighted by Crippen LogP contribution is 2.10. The van der Waals surface area contributed by atoms with E-state index in [-0.39, 0.29) is 11.1 Å². The normalized spacial score (nSPS) is 14.6. The van der Waals surface area contributed by atoms with Crippen molar-refractivity contribution in [2.75, 3.05) is 0 Å². The second kappa shape index (κ2) is 11.5. The number of aliphatic carboxylic acids is 2. The van der Waals surface area contributed by atoms with E-state index in [1.807, 2.05) is 69.2 Å². The zero-order valence-corrected chi connectivity index (χ0v) is 18.4. The zero-order chi connectivity index (χ0) is 21.3. The van der Waals surface area contributed by atoms with Crippen LogP contribution in [-0.4, -0.2) is 45.3 Å². The van der Waals surface area contributed by atoms with E-state index in [1.165, 1.54) is 0 Å². The lowest BCUT2D eigenvalue weighted by Crippen LogP contribution is -2.48. The molecular formula is C20H42N2O4. The lowest BCUT2D eigenvalue weighted by molar-refractivity contribution is -0.141. The number of carbonyl (C=O) groups is 2. The third-order valence-electron chi connectivity index (χ3n) is 3.22. The molecular weight excluding hydrogens is 332 g/mol. The molecule has 0 heterocycles. The second-order valence-corrected chi connectivity index (χ2v) is 9.83. The number of hydrogen-bond donors (Lipinski definition) is 4. The molecule has 0 aliphatic carbocycles. The lowest BCUT2D eigenvalue weighted by Gasteiger charge is -2.26. The monoisotopic (exact) mass is 374 g/mol. The van der Waals surface area contributed by atoms with Gasteiger partial charge in [0.05, 0.1) is 0 Å². The van der Waals surface area contributed by atoms with Gasteiger partial charge in [0.25, 0.3) is 0 Å². The Morgan fingerprint density at radius 2 is 0.923 bits per heavy atom. The molecule has 0 saturated carbocycles. The minimum absolute atomic E-state index is 0.141. The van der Waals surface area contributed by atoms with Crippen LogP contribution >= 0.6 is 0 Å². The summed E-state index contributed by atoms with van der Waals surface area (Å²) in [4.78, 5) is 21.7. The van der Waals surface area contributed by atoms with Gasteiger partial charge in [0, 0.05) is 11.1 Å². The van der Waals surface area contributed by atoms with E-state index >= 15 is 0 Å². The van der Waals surface area contributed by atoms with Gasteiger partial charge in [0.2, 0.25) is 0 Å². The van der Waals surface area contributed by atoms with Crippen LogP contribution in [0.4, 0.5) is 0 Å². The van der Waals surface area contributed by atoms with Crippen LogP contribution in [0.2, 0.25) is 0 Å². The van der Waals surface area contributed by atoms with E-state index in [0.717, 1.165) is 0 Å². The molecule has 0 aliphatic rings. The van der Waals surface area contributed by atoms with E-state index in [9.17, 15) is 9.59 Å². The first kappa shape index (κ1) is 27.1. The fourth-order valence-electron chi connectivity index (χ4n) is 2.43. The van der Waals surface area contributed by atoms with Gasteiger partial charge in [-0.1, -0.05) is 27.7 Å². The van der Waals surface area contributed by atoms with E-state index in [2.05, 4.69) is 10.6 Å². The summed E-state index contributed by atoms with van der Waals surface area (Å²) in [6, 6.07) is -0.861. The van der Waals surface area contributed by atoms with Crippen LogP contribution in [0.1, 0.15) is 82.1 Å². The smallest absolute Gasteiger partial charge is 0.320 e. The molecule has 0 bridgehead atoms. The van der Waals surface area contributed by atoms with E-state index in [4.69, 9.17) is 10.2 Å². The van der Waals surface area contributed by atoms with Crippen molar-refractivity contribution in [3.05, 3.63) is 0 Å². The Labute approximate surface area is 160 Å². The van der Waals surface area contributed by atoms with Crippen LogP contribution in [0.5, 0.6) is 0 Å². The molecule has 0 spiro atoms. The Balaban J connectivity index is 0. The Hall–Kier alpha value is -1.14. The van der Waals surface area contributed by atoms with Gasteiger partial charge in [-0.15, -0.1) is 0 Å². The molecule has 0 saturated heterocycles. The summed E-state index contributed by atoms with van der Waals surface area (Å²) in [6.45, 7) is 20.0. The molecule has 2 atom stereocenters. The minimum atomic E-state index is -0.761. The highest BCUT2D eigenvalue weighted by atomic mass is 16.4. The molecule has 0 aliphatic heterocycles. The average Bonchev–Trinajstić information content (AvgIpc) is 2.33. The minimum Gasteiger partial charge on any atom is -0.480 e. The number of carboxylic acid groups (broad SMARTS) is 2. The van der Waals surface area contributed by atoms with Crippen molar-refractivity contribution in [2.24, 2.45) is 11.8 Å². The molecule has 0 aromatic heterocycles. The SMILES string of the molecule is CC(C)CC(NC(C)(C)C)C(=O)O.CC(C)C[C@H](NC(C)(C)C)C(=O)O. The Kier molecular flexibility index (Phi) is 12.0. The van der Waals surface area contributed by atoms with Gasteiger partial charge in [-0.25, -0.2) is 0 Å². The summed E-state index contributed by atoms with van der Waals surface area (Å²) in [6.07, 6.45) is 1.35. The number of carboxylic acids is 2. The van der Waals surface area contributed by atoms with Crippen molar-refractivity contribution in [3.8, 4) is 0 Å². The molecule has 1 unspecified atom stereocenters. The van der Waals surface area contributed by atoms with Gasteiger partial charge in [0.15, 0.2) is 0 Å². The molecule has 0 aromatic rings. The largest absolute Gasteiger partial charge is 0.480 e. The maximum absolute atomic E-state index is 10.9. The summed E-state index contributed by atoms with van der Waals surface area (Å²) in [5, 5.41) is 24.0. The summed E-state index contributed by atoms with van der Waals surface area (Å²) in [5.74, 6) is -0.723. The second-order valence-electron chi connectivity index (χ2n) is 9.83. The molecule has 6 heteroatoms. The third kappa shape index (κ3) is 17.7. The van der Waals surface area contributed by atoms with Gasteiger partial charge in [-0.2, -0.15) is 0 Å². The van der Waals surface area contributed by atoms with Gasteiger partial charge >= 0.3 is 11.9 Å². The molecule has 4 N–H and O–H groups in total. The zero-order valence-electron chi connectivity index (χ0n) is 18.4. The highest BCUT2D eigenvalue weighted by Gasteiger charge is 2.24. The first-order valence-electron chi connectivity index (χ1n) is 9.45. The fraction of sp³-hybridized carbons (Fsp3) is 0.900. The molecule has 0 fully saturated rings. The number of rotatable bonds is 8. The van der Waals surface area contributed by atoms with E-state index < -0.39 is 24.0 Å². The summed E-state index contributed by atoms with van der Waals surface area (Å²) in [5.41, 5.74) is -0.282. The topological polar surface area (TPSA) is 98.7 Å². The van der Waals surface area contributed by atoms with Crippen molar-refractivity contribution in [1.82, 2.24) is 10.6 Å². The number of nitrogens with one attached hydrogen (secondary N) is 2. The Morgan fingerprint density at radius 3 is 1.04 bits per heavy atom. The molecule has 0 rings (SSSR count). The van der Waals surface area contributed by atoms with Crippen molar-refractivity contribution in [1.29, 1.82) is 0 Å².